The summed E-state index contributed by atoms with van der Waals surface area (Å²) in [5.41, 5.74) is 6.31. The maximum absolute atomic E-state index is 12.2. The molecule has 4 N–H and O–H groups in total. The van der Waals surface area contributed by atoms with Crippen molar-refractivity contribution in [3.05, 3.63) is 50.4 Å². The van der Waals surface area contributed by atoms with Crippen molar-refractivity contribution < 1.29 is 19.2 Å². The molecule has 2 aromatic rings. The molecule has 1 aromatic carbocycles. The molecule has 10 heteroatoms. The van der Waals surface area contributed by atoms with Gasteiger partial charge in [0.1, 0.15) is 10.7 Å². The summed E-state index contributed by atoms with van der Waals surface area (Å²) in [4.78, 5) is 35.2. The Morgan fingerprint density at radius 1 is 1.28 bits per heavy atom. The second-order valence-electron chi connectivity index (χ2n) is 5.23. The summed E-state index contributed by atoms with van der Waals surface area (Å²) >= 11 is 1.21. The van der Waals surface area contributed by atoms with E-state index in [4.69, 9.17) is 10.5 Å². The highest BCUT2D eigenvalue weighted by atomic mass is 32.1. The number of nitrogens with two attached hydrogens (primary N) is 1. The number of nitro benzene ring substituents is 1. The Hall–Kier alpha value is -2.98. The van der Waals surface area contributed by atoms with Gasteiger partial charge in [-0.3, -0.25) is 20.2 Å². The Labute approximate surface area is 145 Å². The standard InChI is InChI=1S/C15H14N4O5S/c16-13(20)12-8-5-6-24-7-11(8)25-14(12)18-15(21)17-9-3-1-2-4-10(9)19(22)23/h1-4H,5-7H2,(H2,16,20)(H2,17,18,21). The quantitative estimate of drug-likeness (QED) is 0.567. The van der Waals surface area contributed by atoms with Crippen molar-refractivity contribution in [2.45, 2.75) is 13.0 Å². The molecule has 0 atom stereocenters. The van der Waals surface area contributed by atoms with E-state index in [9.17, 15) is 19.7 Å². The number of ether oxygens (including phenoxy) is 1. The highest BCUT2D eigenvalue weighted by Crippen LogP contribution is 2.36. The Balaban J connectivity index is 1.84. The predicted molar refractivity (Wildman–Crippen MR) is 91.9 cm³/mol. The summed E-state index contributed by atoms with van der Waals surface area (Å²) in [6.45, 7) is 0.833. The number of thiophene rings is 1. The normalized spacial score (nSPS) is 13.0. The number of carbonyl (C=O) groups is 2. The summed E-state index contributed by atoms with van der Waals surface area (Å²) in [5.74, 6) is -0.639. The van der Waals surface area contributed by atoms with Crippen LogP contribution in [0.5, 0.6) is 0 Å². The van der Waals surface area contributed by atoms with E-state index in [2.05, 4.69) is 10.6 Å². The molecule has 0 saturated heterocycles. The van der Waals surface area contributed by atoms with Crippen LogP contribution in [0.3, 0.4) is 0 Å². The van der Waals surface area contributed by atoms with E-state index in [0.717, 1.165) is 10.4 Å². The molecule has 2 heterocycles. The lowest BCUT2D eigenvalue weighted by Crippen LogP contribution is -2.22. The van der Waals surface area contributed by atoms with Crippen molar-refractivity contribution in [2.24, 2.45) is 5.73 Å². The van der Waals surface area contributed by atoms with E-state index < -0.39 is 16.9 Å². The minimum atomic E-state index is -0.698. The van der Waals surface area contributed by atoms with Gasteiger partial charge in [0.2, 0.25) is 0 Å². The second-order valence-corrected chi connectivity index (χ2v) is 6.33. The number of hydrogen-bond acceptors (Lipinski definition) is 6. The highest BCUT2D eigenvalue weighted by molar-refractivity contribution is 7.17. The molecule has 1 aliphatic heterocycles. The van der Waals surface area contributed by atoms with Crippen molar-refractivity contribution in [1.29, 1.82) is 0 Å². The number of carbonyl (C=O) groups excluding carboxylic acids is 2. The van der Waals surface area contributed by atoms with Gasteiger partial charge in [-0.1, -0.05) is 12.1 Å². The average Bonchev–Trinajstić information content (AvgIpc) is 2.92. The molecule has 0 fully saturated rings. The lowest BCUT2D eigenvalue weighted by atomic mass is 10.1. The fraction of sp³-hybridized carbons (Fsp3) is 0.200. The van der Waals surface area contributed by atoms with E-state index in [1.807, 2.05) is 0 Å². The van der Waals surface area contributed by atoms with Crippen LogP contribution in [0.25, 0.3) is 0 Å². The molecule has 3 amide bonds. The topological polar surface area (TPSA) is 137 Å². The van der Waals surface area contributed by atoms with Crippen molar-refractivity contribution >= 4 is 39.7 Å². The van der Waals surface area contributed by atoms with Gasteiger partial charge in [0.25, 0.3) is 11.6 Å². The van der Waals surface area contributed by atoms with Crippen molar-refractivity contribution in [3.63, 3.8) is 0 Å². The molecule has 0 spiro atoms. The van der Waals surface area contributed by atoms with Crippen LogP contribution >= 0.6 is 11.3 Å². The molecule has 130 valence electrons. The van der Waals surface area contributed by atoms with E-state index in [-0.39, 0.29) is 16.9 Å². The van der Waals surface area contributed by atoms with Crippen LogP contribution in [-0.4, -0.2) is 23.5 Å². The van der Waals surface area contributed by atoms with Gasteiger partial charge >= 0.3 is 6.03 Å². The maximum atomic E-state index is 12.2. The zero-order chi connectivity index (χ0) is 18.0. The third-order valence-electron chi connectivity index (χ3n) is 3.64. The fourth-order valence-electron chi connectivity index (χ4n) is 2.58. The lowest BCUT2D eigenvalue weighted by molar-refractivity contribution is -0.383. The van der Waals surface area contributed by atoms with Gasteiger partial charge in [0.15, 0.2) is 0 Å². The van der Waals surface area contributed by atoms with Gasteiger partial charge in [-0.25, -0.2) is 4.79 Å². The monoisotopic (exact) mass is 362 g/mol. The van der Waals surface area contributed by atoms with Gasteiger partial charge in [-0.2, -0.15) is 0 Å². The Bertz CT molecular complexity index is 864. The van der Waals surface area contributed by atoms with Gasteiger partial charge in [-0.15, -0.1) is 11.3 Å². The number of benzene rings is 1. The smallest absolute Gasteiger partial charge is 0.324 e. The average molecular weight is 362 g/mol. The van der Waals surface area contributed by atoms with Crippen LogP contribution in [0.2, 0.25) is 0 Å². The third-order valence-corrected chi connectivity index (χ3v) is 4.76. The zero-order valence-electron chi connectivity index (χ0n) is 12.9. The molecule has 0 unspecified atom stereocenters. The van der Waals surface area contributed by atoms with Crippen LogP contribution in [0.15, 0.2) is 24.3 Å². The summed E-state index contributed by atoms with van der Waals surface area (Å²) in [6.07, 6.45) is 0.539. The number of urea groups is 1. The van der Waals surface area contributed by atoms with Crippen molar-refractivity contribution in [1.82, 2.24) is 0 Å². The van der Waals surface area contributed by atoms with Crippen LogP contribution in [0.1, 0.15) is 20.8 Å². The number of primary amides is 1. The minimum absolute atomic E-state index is 0.0512. The van der Waals surface area contributed by atoms with E-state index in [0.29, 0.717) is 24.6 Å². The van der Waals surface area contributed by atoms with Crippen LogP contribution in [0.4, 0.5) is 21.2 Å². The van der Waals surface area contributed by atoms with Crippen molar-refractivity contribution in [2.75, 3.05) is 17.2 Å². The van der Waals surface area contributed by atoms with E-state index >= 15 is 0 Å². The Kier molecular flexibility index (Phi) is 4.63. The number of fused-ring (bicyclic) bond motifs is 1. The SMILES string of the molecule is NC(=O)c1c(NC(=O)Nc2ccccc2[N+](=O)[O-])sc2c1CCOC2. The molecule has 3 rings (SSSR count). The Morgan fingerprint density at radius 3 is 2.76 bits per heavy atom. The summed E-state index contributed by atoms with van der Waals surface area (Å²) < 4.78 is 5.34. The molecular formula is C15H14N4O5S. The second kappa shape index (κ2) is 6.87. The molecular weight excluding hydrogens is 348 g/mol. The number of rotatable bonds is 4. The number of anilines is 2. The van der Waals surface area contributed by atoms with Gasteiger partial charge < -0.3 is 15.8 Å². The molecule has 0 aliphatic carbocycles. The molecule has 0 saturated carbocycles. The van der Waals surface area contributed by atoms with Gasteiger partial charge in [0, 0.05) is 10.9 Å². The number of nitro groups is 1. The first kappa shape index (κ1) is 16.9. The first-order chi connectivity index (χ1) is 12.0. The molecule has 1 aromatic heterocycles. The first-order valence-corrected chi connectivity index (χ1v) is 8.12. The van der Waals surface area contributed by atoms with Crippen LogP contribution < -0.4 is 16.4 Å². The van der Waals surface area contributed by atoms with E-state index in [1.54, 1.807) is 6.07 Å². The number of para-hydroxylation sites is 2. The van der Waals surface area contributed by atoms with Crippen LogP contribution in [-0.2, 0) is 17.8 Å². The van der Waals surface area contributed by atoms with Gasteiger partial charge in [0.05, 0.1) is 23.7 Å². The summed E-state index contributed by atoms with van der Waals surface area (Å²) in [7, 11) is 0. The number of amides is 3. The maximum Gasteiger partial charge on any atom is 0.324 e. The molecule has 9 nitrogen and oxygen atoms in total. The lowest BCUT2D eigenvalue weighted by Gasteiger charge is -2.12. The summed E-state index contributed by atoms with van der Waals surface area (Å²) in [6, 6.07) is 5.07. The third kappa shape index (κ3) is 3.44. The number of nitrogens with zero attached hydrogens (tertiary/aromatic N) is 1. The zero-order valence-corrected chi connectivity index (χ0v) is 13.7. The number of hydrogen-bond donors (Lipinski definition) is 3. The van der Waals surface area contributed by atoms with E-state index in [1.165, 1.54) is 29.5 Å². The van der Waals surface area contributed by atoms with Crippen molar-refractivity contribution in [3.8, 4) is 0 Å². The van der Waals surface area contributed by atoms with Crippen LogP contribution in [0, 0.1) is 10.1 Å². The first-order valence-electron chi connectivity index (χ1n) is 7.31. The Morgan fingerprint density at radius 2 is 2.04 bits per heavy atom. The van der Waals surface area contributed by atoms with Gasteiger partial charge in [-0.05, 0) is 18.1 Å². The highest BCUT2D eigenvalue weighted by Gasteiger charge is 2.25. The molecule has 1 aliphatic rings. The summed E-state index contributed by atoms with van der Waals surface area (Å²) in [5, 5.41) is 16.3. The predicted octanol–water partition coefficient (Wildman–Crippen LogP) is 2.47. The minimum Gasteiger partial charge on any atom is -0.376 e. The molecule has 0 radical (unpaired) electrons. The molecule has 0 bridgehead atoms. The largest absolute Gasteiger partial charge is 0.376 e. The fourth-order valence-corrected chi connectivity index (χ4v) is 3.76. The molecule has 25 heavy (non-hydrogen) atoms. The number of nitrogens with one attached hydrogen (secondary N) is 2.